The first-order valence-corrected chi connectivity index (χ1v) is 6.46. The first-order valence-electron chi connectivity index (χ1n) is 4.87. The van der Waals surface area contributed by atoms with E-state index in [-0.39, 0.29) is 6.54 Å². The van der Waals surface area contributed by atoms with Crippen molar-refractivity contribution >= 4 is 43.2 Å². The first-order chi connectivity index (χ1) is 8.37. The Morgan fingerprint density at radius 1 is 1.33 bits per heavy atom. The monoisotopic (exact) mass is 386 g/mol. The quantitative estimate of drug-likeness (QED) is 0.874. The van der Waals surface area contributed by atoms with Gasteiger partial charge in [0.1, 0.15) is 9.21 Å². The number of anilines is 1. The Labute approximate surface area is 117 Å². The van der Waals surface area contributed by atoms with Gasteiger partial charge < -0.3 is 5.32 Å². The molecule has 1 N–H and O–H groups in total. The molecular formula is C9H7Br2F3N4. The fourth-order valence-corrected chi connectivity index (χ4v) is 2.12. The van der Waals surface area contributed by atoms with Crippen LogP contribution >= 0.6 is 31.9 Å². The van der Waals surface area contributed by atoms with Crippen LogP contribution in [0.5, 0.6) is 0 Å². The lowest BCUT2D eigenvalue weighted by Gasteiger charge is -2.10. The fourth-order valence-electron chi connectivity index (χ4n) is 1.38. The Bertz CT molecular complexity index is 567. The second-order valence-electron chi connectivity index (χ2n) is 3.49. The number of hydrogen-bond donors (Lipinski definition) is 1. The number of imidazole rings is 1. The van der Waals surface area contributed by atoms with E-state index in [4.69, 9.17) is 0 Å². The maximum Gasteiger partial charge on any atom is 0.390 e. The molecule has 2 rings (SSSR count). The summed E-state index contributed by atoms with van der Waals surface area (Å²) in [5.41, 5.74) is 0.957. The summed E-state index contributed by atoms with van der Waals surface area (Å²) in [5.74, 6) is 0. The van der Waals surface area contributed by atoms with Gasteiger partial charge in [-0.1, -0.05) is 0 Å². The lowest BCUT2D eigenvalue weighted by molar-refractivity contribution is -0.131. The molecule has 18 heavy (non-hydrogen) atoms. The molecule has 0 bridgehead atoms. The van der Waals surface area contributed by atoms with Crippen molar-refractivity contribution in [3.05, 3.63) is 21.5 Å². The molecule has 0 amide bonds. The van der Waals surface area contributed by atoms with E-state index in [1.807, 2.05) is 0 Å². The van der Waals surface area contributed by atoms with Gasteiger partial charge in [-0.3, -0.25) is 0 Å². The van der Waals surface area contributed by atoms with Gasteiger partial charge in [-0.2, -0.15) is 18.3 Å². The third kappa shape index (κ3) is 3.14. The summed E-state index contributed by atoms with van der Waals surface area (Å²) < 4.78 is 38.8. The molecule has 0 aromatic carbocycles. The van der Waals surface area contributed by atoms with Crippen molar-refractivity contribution in [1.82, 2.24) is 14.6 Å². The number of aromatic nitrogens is 3. The molecule has 0 saturated heterocycles. The molecule has 0 aliphatic heterocycles. The minimum atomic E-state index is -4.18. The van der Waals surface area contributed by atoms with Crippen LogP contribution in [-0.4, -0.2) is 27.3 Å². The SMILES string of the molecule is FC(F)(F)CCNc1cc(Br)nn2c(Br)cnc12. The lowest BCUT2D eigenvalue weighted by atomic mass is 10.4. The van der Waals surface area contributed by atoms with E-state index in [2.05, 4.69) is 47.3 Å². The van der Waals surface area contributed by atoms with Crippen molar-refractivity contribution in [3.8, 4) is 0 Å². The van der Waals surface area contributed by atoms with Gasteiger partial charge in [0.2, 0.25) is 0 Å². The Kier molecular flexibility index (Phi) is 3.81. The molecule has 0 aliphatic rings. The number of halogens is 5. The minimum Gasteiger partial charge on any atom is -0.382 e. The highest BCUT2D eigenvalue weighted by atomic mass is 79.9. The zero-order valence-corrected chi connectivity index (χ0v) is 12.0. The molecule has 2 heterocycles. The summed E-state index contributed by atoms with van der Waals surface area (Å²) in [7, 11) is 0. The largest absolute Gasteiger partial charge is 0.390 e. The van der Waals surface area contributed by atoms with Gasteiger partial charge in [-0.15, -0.1) is 0 Å². The second-order valence-corrected chi connectivity index (χ2v) is 5.11. The Morgan fingerprint density at radius 3 is 2.72 bits per heavy atom. The molecule has 0 saturated carbocycles. The zero-order chi connectivity index (χ0) is 13.3. The van der Waals surface area contributed by atoms with Gasteiger partial charge in [0, 0.05) is 6.54 Å². The molecule has 98 valence electrons. The van der Waals surface area contributed by atoms with Crippen LogP contribution in [0.3, 0.4) is 0 Å². The van der Waals surface area contributed by atoms with Crippen molar-refractivity contribution in [2.24, 2.45) is 0 Å². The predicted octanol–water partition coefficient (Wildman–Crippen LogP) is 3.62. The van der Waals surface area contributed by atoms with Crippen LogP contribution < -0.4 is 5.32 Å². The smallest absolute Gasteiger partial charge is 0.382 e. The van der Waals surface area contributed by atoms with Crippen LogP contribution in [0.25, 0.3) is 5.65 Å². The highest BCUT2D eigenvalue weighted by Gasteiger charge is 2.26. The third-order valence-electron chi connectivity index (χ3n) is 2.12. The number of hydrogen-bond acceptors (Lipinski definition) is 3. The molecule has 0 spiro atoms. The predicted molar refractivity (Wildman–Crippen MR) is 67.5 cm³/mol. The molecule has 2 aromatic heterocycles. The summed E-state index contributed by atoms with van der Waals surface area (Å²) in [5, 5.41) is 6.82. The fraction of sp³-hybridized carbons (Fsp3) is 0.333. The van der Waals surface area contributed by atoms with Gasteiger partial charge in [-0.25, -0.2) is 9.50 Å². The summed E-state index contributed by atoms with van der Waals surface area (Å²) in [6.45, 7) is -0.208. The van der Waals surface area contributed by atoms with Crippen molar-refractivity contribution in [3.63, 3.8) is 0 Å². The Morgan fingerprint density at radius 2 is 2.06 bits per heavy atom. The molecule has 0 aliphatic carbocycles. The van der Waals surface area contributed by atoms with E-state index in [1.165, 1.54) is 10.7 Å². The average molecular weight is 388 g/mol. The summed E-state index contributed by atoms with van der Waals surface area (Å²) in [6, 6.07) is 1.59. The van der Waals surface area contributed by atoms with E-state index >= 15 is 0 Å². The summed E-state index contributed by atoms with van der Waals surface area (Å²) >= 11 is 6.44. The van der Waals surface area contributed by atoms with Crippen molar-refractivity contribution in [2.45, 2.75) is 12.6 Å². The minimum absolute atomic E-state index is 0.208. The van der Waals surface area contributed by atoms with E-state index in [0.29, 0.717) is 20.5 Å². The van der Waals surface area contributed by atoms with Crippen molar-refractivity contribution < 1.29 is 13.2 Å². The van der Waals surface area contributed by atoms with Crippen LogP contribution in [0.4, 0.5) is 18.9 Å². The molecular weight excluding hydrogens is 381 g/mol. The number of nitrogens with zero attached hydrogens (tertiary/aromatic N) is 3. The first kappa shape index (κ1) is 13.6. The van der Waals surface area contributed by atoms with Crippen LogP contribution in [0.1, 0.15) is 6.42 Å². The maximum absolute atomic E-state index is 12.1. The van der Waals surface area contributed by atoms with Crippen LogP contribution in [0, 0.1) is 0 Å². The van der Waals surface area contributed by atoms with Crippen LogP contribution in [0.15, 0.2) is 21.5 Å². The Balaban J connectivity index is 2.22. The number of nitrogens with one attached hydrogen (secondary N) is 1. The molecule has 2 aromatic rings. The maximum atomic E-state index is 12.1. The van der Waals surface area contributed by atoms with Gasteiger partial charge in [0.05, 0.1) is 18.3 Å². The third-order valence-corrected chi connectivity index (χ3v) is 3.05. The van der Waals surface area contributed by atoms with E-state index in [9.17, 15) is 13.2 Å². The molecule has 0 unspecified atom stereocenters. The average Bonchev–Trinajstić information content (AvgIpc) is 2.59. The van der Waals surface area contributed by atoms with E-state index in [1.54, 1.807) is 6.07 Å². The highest BCUT2D eigenvalue weighted by molar-refractivity contribution is 9.10. The van der Waals surface area contributed by atoms with Gasteiger partial charge in [0.15, 0.2) is 5.65 Å². The molecule has 4 nitrogen and oxygen atoms in total. The summed E-state index contributed by atoms with van der Waals surface area (Å²) in [6.07, 6.45) is -3.55. The van der Waals surface area contributed by atoms with Gasteiger partial charge in [0.25, 0.3) is 0 Å². The van der Waals surface area contributed by atoms with Crippen molar-refractivity contribution in [2.75, 3.05) is 11.9 Å². The van der Waals surface area contributed by atoms with E-state index < -0.39 is 12.6 Å². The Hall–Kier alpha value is -0.830. The number of fused-ring (bicyclic) bond motifs is 1. The molecule has 9 heteroatoms. The molecule has 0 radical (unpaired) electrons. The normalized spacial score (nSPS) is 12.1. The molecule has 0 atom stereocenters. The topological polar surface area (TPSA) is 42.2 Å². The van der Waals surface area contributed by atoms with E-state index in [0.717, 1.165) is 0 Å². The zero-order valence-electron chi connectivity index (χ0n) is 8.80. The number of alkyl halides is 3. The van der Waals surface area contributed by atoms with Crippen LogP contribution in [-0.2, 0) is 0 Å². The standard InChI is InChI=1S/C9H7Br2F3N4/c10-6-3-5(15-2-1-9(12,13)14)8-16-4-7(11)18(8)17-6/h3-4,15H,1-2H2. The summed E-state index contributed by atoms with van der Waals surface area (Å²) in [4.78, 5) is 4.06. The second kappa shape index (κ2) is 5.04. The van der Waals surface area contributed by atoms with Crippen LogP contribution in [0.2, 0.25) is 0 Å². The lowest BCUT2D eigenvalue weighted by Crippen LogP contribution is -2.15. The number of rotatable bonds is 3. The van der Waals surface area contributed by atoms with Gasteiger partial charge in [-0.05, 0) is 37.9 Å². The highest BCUT2D eigenvalue weighted by Crippen LogP contribution is 2.24. The van der Waals surface area contributed by atoms with Gasteiger partial charge >= 0.3 is 6.18 Å². The van der Waals surface area contributed by atoms with Crippen molar-refractivity contribution in [1.29, 1.82) is 0 Å². The molecule has 0 fully saturated rings.